The van der Waals surface area contributed by atoms with Gasteiger partial charge in [-0.2, -0.15) is 13.2 Å². The molecular weight excluding hydrogens is 497 g/mol. The van der Waals surface area contributed by atoms with Gasteiger partial charge >= 0.3 is 6.18 Å². The summed E-state index contributed by atoms with van der Waals surface area (Å²) in [6.45, 7) is 6.45. The third-order valence-electron chi connectivity index (χ3n) is 5.78. The molecule has 202 valence electrons. The Labute approximate surface area is 219 Å². The summed E-state index contributed by atoms with van der Waals surface area (Å²) in [4.78, 5) is 25.6. The molecule has 0 aliphatic carbocycles. The number of hydrogen-bond donors (Lipinski definition) is 2. The molecule has 0 radical (unpaired) electrons. The summed E-state index contributed by atoms with van der Waals surface area (Å²) in [5.41, 5.74) is 1.20. The first-order valence-electron chi connectivity index (χ1n) is 12.2. The highest BCUT2D eigenvalue weighted by Crippen LogP contribution is 2.35. The van der Waals surface area contributed by atoms with Gasteiger partial charge in [0, 0.05) is 30.3 Å². The van der Waals surface area contributed by atoms with Crippen LogP contribution in [0.5, 0.6) is 5.75 Å². The van der Waals surface area contributed by atoms with E-state index < -0.39 is 17.6 Å². The Balaban J connectivity index is 1.89. The van der Waals surface area contributed by atoms with Crippen LogP contribution in [-0.2, 0) is 23.9 Å². The topological polar surface area (TPSA) is 80.6 Å². The van der Waals surface area contributed by atoms with Crippen LogP contribution in [0.1, 0.15) is 53.6 Å². The Kier molecular flexibility index (Phi) is 9.39. The van der Waals surface area contributed by atoms with Crippen molar-refractivity contribution in [3.8, 4) is 17.1 Å². The standard InChI is InChI=1S/C29H31F3N2O4/c1-5-23-24(14-15-25(35)33-17-19-6-12-22(37-4)13-7-19)38-27(26(23)28(36)34-16-18(2)3)20-8-10-21(11-9-20)29(30,31)32/h6-15,18H,5,16-17H2,1-4H3,(H,33,35)(H,34,36)/b15-14+. The first-order valence-corrected chi connectivity index (χ1v) is 12.2. The molecule has 2 aromatic carbocycles. The second-order valence-corrected chi connectivity index (χ2v) is 9.08. The number of rotatable bonds is 10. The maximum atomic E-state index is 13.1. The van der Waals surface area contributed by atoms with E-state index in [9.17, 15) is 22.8 Å². The van der Waals surface area contributed by atoms with Gasteiger partial charge in [-0.25, -0.2) is 0 Å². The van der Waals surface area contributed by atoms with Crippen molar-refractivity contribution < 1.29 is 31.9 Å². The molecule has 0 fully saturated rings. The monoisotopic (exact) mass is 528 g/mol. The molecule has 0 bridgehead atoms. The smallest absolute Gasteiger partial charge is 0.416 e. The fourth-order valence-corrected chi connectivity index (χ4v) is 3.75. The molecule has 3 rings (SSSR count). The van der Waals surface area contributed by atoms with E-state index in [2.05, 4.69) is 10.6 Å². The molecule has 0 saturated heterocycles. The third-order valence-corrected chi connectivity index (χ3v) is 5.78. The average Bonchev–Trinajstić information content (AvgIpc) is 3.27. The van der Waals surface area contributed by atoms with Gasteiger partial charge in [-0.15, -0.1) is 0 Å². The van der Waals surface area contributed by atoms with Gasteiger partial charge in [0.25, 0.3) is 5.91 Å². The van der Waals surface area contributed by atoms with E-state index in [4.69, 9.17) is 9.15 Å². The molecule has 0 aliphatic heterocycles. The van der Waals surface area contributed by atoms with Gasteiger partial charge in [0.1, 0.15) is 17.3 Å². The SMILES string of the molecule is CCc1c(/C=C/C(=O)NCc2ccc(OC)cc2)oc(-c2ccc(C(F)(F)F)cc2)c1C(=O)NCC(C)C. The van der Waals surface area contributed by atoms with Crippen LogP contribution in [0.3, 0.4) is 0 Å². The molecule has 2 N–H and O–H groups in total. The van der Waals surface area contributed by atoms with Crippen molar-refractivity contribution in [3.63, 3.8) is 0 Å². The summed E-state index contributed by atoms with van der Waals surface area (Å²) in [6.07, 6.45) is -1.31. The third kappa shape index (κ3) is 7.27. The fraction of sp³-hybridized carbons (Fsp3) is 0.310. The minimum Gasteiger partial charge on any atom is -0.497 e. The molecule has 0 spiro atoms. The van der Waals surface area contributed by atoms with E-state index in [1.54, 1.807) is 19.2 Å². The minimum atomic E-state index is -4.49. The fourth-order valence-electron chi connectivity index (χ4n) is 3.75. The lowest BCUT2D eigenvalue weighted by Crippen LogP contribution is -2.28. The quantitative estimate of drug-likeness (QED) is 0.305. The Hall–Kier alpha value is -4.01. The molecular formula is C29H31F3N2O4. The van der Waals surface area contributed by atoms with E-state index in [0.29, 0.717) is 36.4 Å². The predicted molar refractivity (Wildman–Crippen MR) is 140 cm³/mol. The Morgan fingerprint density at radius 1 is 1.03 bits per heavy atom. The number of benzene rings is 2. The molecule has 3 aromatic rings. The second-order valence-electron chi connectivity index (χ2n) is 9.08. The van der Waals surface area contributed by atoms with Gasteiger partial charge in [-0.05, 0) is 48.2 Å². The van der Waals surface area contributed by atoms with Crippen LogP contribution in [0.4, 0.5) is 13.2 Å². The number of nitrogens with one attached hydrogen (secondary N) is 2. The Morgan fingerprint density at radius 2 is 1.68 bits per heavy atom. The van der Waals surface area contributed by atoms with Gasteiger partial charge in [-0.3, -0.25) is 9.59 Å². The lowest BCUT2D eigenvalue weighted by atomic mass is 10.00. The second kappa shape index (κ2) is 12.5. The number of carbonyl (C=O) groups excluding carboxylic acids is 2. The maximum Gasteiger partial charge on any atom is 0.416 e. The number of ether oxygens (including phenoxy) is 1. The molecule has 1 aromatic heterocycles. The molecule has 38 heavy (non-hydrogen) atoms. The average molecular weight is 529 g/mol. The zero-order valence-corrected chi connectivity index (χ0v) is 21.7. The van der Waals surface area contributed by atoms with Gasteiger partial charge in [-0.1, -0.05) is 45.0 Å². The Bertz CT molecular complexity index is 1270. The van der Waals surface area contributed by atoms with Crippen molar-refractivity contribution >= 4 is 17.9 Å². The summed E-state index contributed by atoms with van der Waals surface area (Å²) in [6, 6.07) is 11.7. The number of alkyl halides is 3. The van der Waals surface area contributed by atoms with E-state index >= 15 is 0 Å². The van der Waals surface area contributed by atoms with Crippen LogP contribution < -0.4 is 15.4 Å². The number of hydrogen-bond acceptors (Lipinski definition) is 4. The molecule has 6 nitrogen and oxygen atoms in total. The van der Waals surface area contributed by atoms with Gasteiger partial charge in [0.2, 0.25) is 5.91 Å². The lowest BCUT2D eigenvalue weighted by Gasteiger charge is -2.10. The van der Waals surface area contributed by atoms with Crippen molar-refractivity contribution in [1.82, 2.24) is 10.6 Å². The van der Waals surface area contributed by atoms with Crippen LogP contribution in [0.2, 0.25) is 0 Å². The van der Waals surface area contributed by atoms with Gasteiger partial charge in [0.05, 0.1) is 18.2 Å². The van der Waals surface area contributed by atoms with Crippen LogP contribution >= 0.6 is 0 Å². The van der Waals surface area contributed by atoms with Crippen LogP contribution in [-0.4, -0.2) is 25.5 Å². The highest BCUT2D eigenvalue weighted by atomic mass is 19.4. The van der Waals surface area contributed by atoms with Crippen molar-refractivity contribution in [1.29, 1.82) is 0 Å². The van der Waals surface area contributed by atoms with Crippen molar-refractivity contribution in [2.45, 2.75) is 39.9 Å². The highest BCUT2D eigenvalue weighted by molar-refractivity contribution is 6.02. The molecule has 1 heterocycles. The molecule has 2 amide bonds. The lowest BCUT2D eigenvalue weighted by molar-refractivity contribution is -0.137. The maximum absolute atomic E-state index is 13.1. The summed E-state index contributed by atoms with van der Waals surface area (Å²) in [5, 5.41) is 5.63. The van der Waals surface area contributed by atoms with Crippen molar-refractivity contribution in [3.05, 3.63) is 82.6 Å². The van der Waals surface area contributed by atoms with E-state index in [0.717, 1.165) is 17.7 Å². The molecule has 9 heteroatoms. The van der Waals surface area contributed by atoms with Crippen LogP contribution in [0, 0.1) is 5.92 Å². The summed E-state index contributed by atoms with van der Waals surface area (Å²) < 4.78 is 50.3. The number of amides is 2. The van der Waals surface area contributed by atoms with Crippen LogP contribution in [0.25, 0.3) is 17.4 Å². The zero-order valence-electron chi connectivity index (χ0n) is 21.7. The van der Waals surface area contributed by atoms with Gasteiger partial charge < -0.3 is 19.8 Å². The number of halogens is 3. The number of methoxy groups -OCH3 is 1. The normalized spacial score (nSPS) is 11.7. The first-order chi connectivity index (χ1) is 18.0. The van der Waals surface area contributed by atoms with Crippen LogP contribution in [0.15, 0.2) is 59.0 Å². The van der Waals surface area contributed by atoms with E-state index in [1.165, 1.54) is 24.3 Å². The van der Waals surface area contributed by atoms with E-state index in [1.807, 2.05) is 32.9 Å². The molecule has 0 atom stereocenters. The number of furan rings is 1. The molecule has 0 saturated carbocycles. The molecule has 0 aliphatic rings. The first kappa shape index (κ1) is 28.6. The van der Waals surface area contributed by atoms with Crippen molar-refractivity contribution in [2.75, 3.05) is 13.7 Å². The predicted octanol–water partition coefficient (Wildman–Crippen LogP) is 6.25. The largest absolute Gasteiger partial charge is 0.497 e. The Morgan fingerprint density at radius 3 is 2.24 bits per heavy atom. The zero-order chi connectivity index (χ0) is 27.9. The number of carbonyl (C=O) groups is 2. The van der Waals surface area contributed by atoms with Gasteiger partial charge in [0.15, 0.2) is 0 Å². The summed E-state index contributed by atoms with van der Waals surface area (Å²) in [7, 11) is 1.57. The van der Waals surface area contributed by atoms with Crippen molar-refractivity contribution in [2.24, 2.45) is 5.92 Å². The summed E-state index contributed by atoms with van der Waals surface area (Å²) in [5.74, 6) is 0.576. The molecule has 0 unspecified atom stereocenters. The highest BCUT2D eigenvalue weighted by Gasteiger charge is 2.31. The minimum absolute atomic E-state index is 0.148. The van der Waals surface area contributed by atoms with E-state index in [-0.39, 0.29) is 28.9 Å². The summed E-state index contributed by atoms with van der Waals surface area (Å²) >= 11 is 0.